The van der Waals surface area contributed by atoms with Crippen LogP contribution in [0.5, 0.6) is 11.8 Å². The van der Waals surface area contributed by atoms with E-state index in [1.165, 1.54) is 19.5 Å². The minimum Gasteiger partial charge on any atom is -0.477 e. The van der Waals surface area contributed by atoms with Gasteiger partial charge < -0.3 is 9.47 Å². The first-order valence-electron chi connectivity index (χ1n) is 7.88. The van der Waals surface area contributed by atoms with Crippen LogP contribution in [-0.2, 0) is 10.0 Å². The molecule has 7 nitrogen and oxygen atoms in total. The van der Waals surface area contributed by atoms with E-state index in [0.29, 0.717) is 18.9 Å². The summed E-state index contributed by atoms with van der Waals surface area (Å²) >= 11 is 0. The van der Waals surface area contributed by atoms with Gasteiger partial charge in [0, 0.05) is 18.9 Å². The lowest BCUT2D eigenvalue weighted by Crippen LogP contribution is -2.44. The van der Waals surface area contributed by atoms with Crippen molar-refractivity contribution in [1.29, 1.82) is 0 Å². The molecule has 1 saturated heterocycles. The number of hydrogen-bond donors (Lipinski definition) is 0. The number of ether oxygens (including phenoxy) is 2. The summed E-state index contributed by atoms with van der Waals surface area (Å²) in [6, 6.07) is 2.35. The van der Waals surface area contributed by atoms with E-state index in [2.05, 4.69) is 9.97 Å². The van der Waals surface area contributed by atoms with Crippen molar-refractivity contribution < 1.29 is 26.7 Å². The van der Waals surface area contributed by atoms with Crippen molar-refractivity contribution in [2.24, 2.45) is 0 Å². The highest BCUT2D eigenvalue weighted by Gasteiger charge is 2.33. The van der Waals surface area contributed by atoms with Gasteiger partial charge in [-0.2, -0.15) is 4.31 Å². The summed E-state index contributed by atoms with van der Waals surface area (Å²) in [5.74, 6) is -1.48. The number of rotatable bonds is 5. The Morgan fingerprint density at radius 2 is 1.92 bits per heavy atom. The van der Waals surface area contributed by atoms with Crippen LogP contribution in [0.3, 0.4) is 0 Å². The van der Waals surface area contributed by atoms with E-state index in [-0.39, 0.29) is 24.8 Å². The molecule has 1 aliphatic rings. The molecule has 0 amide bonds. The molecule has 2 heterocycles. The van der Waals surface area contributed by atoms with Gasteiger partial charge in [0.05, 0.1) is 13.7 Å². The van der Waals surface area contributed by atoms with Crippen LogP contribution in [0.1, 0.15) is 12.8 Å². The van der Waals surface area contributed by atoms with E-state index in [0.717, 1.165) is 16.4 Å². The maximum Gasteiger partial charge on any atom is 0.278 e. The maximum atomic E-state index is 13.9. The molecule has 2 aromatic rings. The third-order valence-electron chi connectivity index (χ3n) is 3.96. The summed E-state index contributed by atoms with van der Waals surface area (Å²) in [7, 11) is -2.77. The van der Waals surface area contributed by atoms with Crippen molar-refractivity contribution in [2.75, 3.05) is 20.2 Å². The topological polar surface area (TPSA) is 81.6 Å². The number of sulfonamides is 1. The molecule has 0 saturated carbocycles. The minimum absolute atomic E-state index is 0.0159. The van der Waals surface area contributed by atoms with Crippen molar-refractivity contribution in [3.8, 4) is 11.8 Å². The van der Waals surface area contributed by atoms with Crippen LogP contribution < -0.4 is 9.47 Å². The molecule has 1 atom stereocenters. The Hall–Kier alpha value is -2.33. The predicted octanol–water partition coefficient (Wildman–Crippen LogP) is 2.00. The molecule has 0 bridgehead atoms. The Kier molecular flexibility index (Phi) is 5.33. The Labute approximate surface area is 149 Å². The molecule has 1 fully saturated rings. The van der Waals surface area contributed by atoms with Crippen LogP contribution in [0.2, 0.25) is 0 Å². The fourth-order valence-electron chi connectivity index (χ4n) is 2.72. The molecule has 10 heteroatoms. The highest BCUT2D eigenvalue weighted by molar-refractivity contribution is 7.89. The molecule has 1 aromatic carbocycles. The molecular weight excluding hydrogens is 368 g/mol. The van der Waals surface area contributed by atoms with Crippen molar-refractivity contribution in [2.45, 2.75) is 23.8 Å². The van der Waals surface area contributed by atoms with E-state index in [9.17, 15) is 17.2 Å². The SMILES string of the molecule is COc1nccnc1OC1CCCN(S(=O)(=O)c2cc(F)ccc2F)C1. The summed E-state index contributed by atoms with van der Waals surface area (Å²) in [6.07, 6.45) is 3.44. The van der Waals surface area contributed by atoms with E-state index in [1.807, 2.05) is 0 Å². The number of aromatic nitrogens is 2. The van der Waals surface area contributed by atoms with Crippen LogP contribution in [0.4, 0.5) is 8.78 Å². The van der Waals surface area contributed by atoms with Gasteiger partial charge in [0.15, 0.2) is 0 Å². The van der Waals surface area contributed by atoms with Gasteiger partial charge in [-0.05, 0) is 31.0 Å². The largest absolute Gasteiger partial charge is 0.477 e. The summed E-state index contributed by atoms with van der Waals surface area (Å²) in [5, 5.41) is 0. The number of methoxy groups -OCH3 is 1. The van der Waals surface area contributed by atoms with E-state index >= 15 is 0 Å². The van der Waals surface area contributed by atoms with Crippen molar-refractivity contribution in [1.82, 2.24) is 14.3 Å². The molecule has 1 aliphatic heterocycles. The van der Waals surface area contributed by atoms with E-state index in [4.69, 9.17) is 9.47 Å². The van der Waals surface area contributed by atoms with E-state index in [1.54, 1.807) is 0 Å². The monoisotopic (exact) mass is 385 g/mol. The normalized spacial score (nSPS) is 18.5. The molecule has 0 spiro atoms. The van der Waals surface area contributed by atoms with Gasteiger partial charge in [-0.15, -0.1) is 0 Å². The average molecular weight is 385 g/mol. The predicted molar refractivity (Wildman–Crippen MR) is 87.4 cm³/mol. The Morgan fingerprint density at radius 1 is 1.19 bits per heavy atom. The molecule has 26 heavy (non-hydrogen) atoms. The molecule has 0 radical (unpaired) electrons. The van der Waals surface area contributed by atoms with Crippen LogP contribution in [0.25, 0.3) is 0 Å². The zero-order valence-corrected chi connectivity index (χ0v) is 14.7. The highest BCUT2D eigenvalue weighted by Crippen LogP contribution is 2.27. The minimum atomic E-state index is -4.19. The Bertz CT molecular complexity index is 895. The molecule has 1 unspecified atom stereocenters. The van der Waals surface area contributed by atoms with Gasteiger partial charge in [0.2, 0.25) is 10.0 Å². The van der Waals surface area contributed by atoms with Crippen LogP contribution in [0, 0.1) is 11.6 Å². The second kappa shape index (κ2) is 7.50. The zero-order chi connectivity index (χ0) is 18.7. The second-order valence-corrected chi connectivity index (χ2v) is 7.60. The number of hydrogen-bond acceptors (Lipinski definition) is 6. The first-order chi connectivity index (χ1) is 12.4. The Morgan fingerprint density at radius 3 is 2.65 bits per heavy atom. The second-order valence-electron chi connectivity index (χ2n) is 5.69. The molecule has 1 aromatic heterocycles. The smallest absolute Gasteiger partial charge is 0.278 e. The van der Waals surface area contributed by atoms with Crippen molar-refractivity contribution in [3.05, 3.63) is 42.2 Å². The molecule has 3 rings (SSSR count). The number of piperidine rings is 1. The lowest BCUT2D eigenvalue weighted by atomic mass is 10.1. The molecule has 0 aliphatic carbocycles. The summed E-state index contributed by atoms with van der Waals surface area (Å²) in [5.41, 5.74) is 0. The third-order valence-corrected chi connectivity index (χ3v) is 5.84. The maximum absolute atomic E-state index is 13.9. The standard InChI is InChI=1S/C16H17F2N3O4S/c1-24-15-16(20-7-6-19-15)25-12-3-2-8-21(10-12)26(22,23)14-9-11(17)4-5-13(14)18/h4-7,9,12H,2-3,8,10H2,1H3. The third kappa shape index (κ3) is 3.75. The van der Waals surface area contributed by atoms with Gasteiger partial charge >= 0.3 is 0 Å². The van der Waals surface area contributed by atoms with Crippen LogP contribution in [0.15, 0.2) is 35.5 Å². The van der Waals surface area contributed by atoms with Crippen molar-refractivity contribution in [3.63, 3.8) is 0 Å². The zero-order valence-electron chi connectivity index (χ0n) is 13.9. The van der Waals surface area contributed by atoms with Gasteiger partial charge in [-0.1, -0.05) is 0 Å². The van der Waals surface area contributed by atoms with Gasteiger partial charge in [-0.3, -0.25) is 0 Å². The lowest BCUT2D eigenvalue weighted by molar-refractivity contribution is 0.119. The molecule has 0 N–H and O–H groups in total. The number of nitrogens with zero attached hydrogens (tertiary/aromatic N) is 3. The van der Waals surface area contributed by atoms with Gasteiger partial charge in [0.25, 0.3) is 11.8 Å². The molecule has 140 valence electrons. The first kappa shape index (κ1) is 18.5. The summed E-state index contributed by atoms with van der Waals surface area (Å²) in [6.45, 7) is 0.174. The van der Waals surface area contributed by atoms with Crippen LogP contribution in [-0.4, -0.2) is 49.0 Å². The number of halogens is 2. The van der Waals surface area contributed by atoms with E-state index < -0.39 is 32.7 Å². The summed E-state index contributed by atoms with van der Waals surface area (Å²) < 4.78 is 64.6. The average Bonchev–Trinajstić information content (AvgIpc) is 2.64. The Balaban J connectivity index is 1.80. The van der Waals surface area contributed by atoms with Gasteiger partial charge in [0.1, 0.15) is 22.6 Å². The quantitative estimate of drug-likeness (QED) is 0.783. The fraction of sp³-hybridized carbons (Fsp3) is 0.375. The summed E-state index contributed by atoms with van der Waals surface area (Å²) in [4.78, 5) is 7.31. The lowest BCUT2D eigenvalue weighted by Gasteiger charge is -2.31. The first-order valence-corrected chi connectivity index (χ1v) is 9.32. The molecular formula is C16H17F2N3O4S. The van der Waals surface area contributed by atoms with Crippen LogP contribution >= 0.6 is 0 Å². The number of benzene rings is 1. The van der Waals surface area contributed by atoms with Gasteiger partial charge in [-0.25, -0.2) is 27.2 Å². The fourth-order valence-corrected chi connectivity index (χ4v) is 4.31. The highest BCUT2D eigenvalue weighted by atomic mass is 32.2. The van der Waals surface area contributed by atoms with Crippen molar-refractivity contribution >= 4 is 10.0 Å².